The number of benzene rings is 2. The predicted octanol–water partition coefficient (Wildman–Crippen LogP) is 4.97. The van der Waals surface area contributed by atoms with E-state index in [1.54, 1.807) is 0 Å². The van der Waals surface area contributed by atoms with Gasteiger partial charge in [-0.15, -0.1) is 12.2 Å². The second-order valence-corrected chi connectivity index (χ2v) is 17.9. The van der Waals surface area contributed by atoms with Crippen molar-refractivity contribution in [2.75, 3.05) is 6.66 Å². The average molecular weight is 298 g/mol. The van der Waals surface area contributed by atoms with Gasteiger partial charge in [-0.25, -0.2) is 0 Å². The summed E-state index contributed by atoms with van der Waals surface area (Å²) in [4.78, 5) is 2.66. The zero-order valence-electron chi connectivity index (χ0n) is 9.52. The van der Waals surface area contributed by atoms with Crippen LogP contribution in [0, 0.1) is 0 Å². The van der Waals surface area contributed by atoms with Crippen molar-refractivity contribution in [2.45, 2.75) is 9.79 Å². The van der Waals surface area contributed by atoms with Crippen LogP contribution in [0.15, 0.2) is 70.5 Å². The molecule has 0 saturated carbocycles. The topological polar surface area (TPSA) is 0 Å². The molecule has 0 aliphatic carbocycles. The zero-order chi connectivity index (χ0) is 12.3. The molecule has 0 aliphatic rings. The van der Waals surface area contributed by atoms with Crippen molar-refractivity contribution in [1.82, 2.24) is 0 Å². The summed E-state index contributed by atoms with van der Waals surface area (Å²) in [6.07, 6.45) is 0. The van der Waals surface area contributed by atoms with Crippen LogP contribution in [0.4, 0.5) is 0 Å². The first kappa shape index (κ1) is 13.2. The Bertz CT molecular complexity index is 479. The Labute approximate surface area is 116 Å². The van der Waals surface area contributed by atoms with E-state index in [1.807, 2.05) is 12.1 Å². The molecule has 17 heavy (non-hydrogen) atoms. The zero-order valence-corrected chi connectivity index (χ0v) is 13.0. The molecule has 0 aliphatic heterocycles. The predicted molar refractivity (Wildman–Crippen MR) is 87.6 cm³/mol. The number of hydrogen-bond donors (Lipinski definition) is 2. The lowest BCUT2D eigenvalue weighted by molar-refractivity contribution is 1.40. The Morgan fingerprint density at radius 1 is 0.882 bits per heavy atom. The summed E-state index contributed by atoms with van der Waals surface area (Å²) in [5.74, 6) is 0. The van der Waals surface area contributed by atoms with Gasteiger partial charge in [0.05, 0.1) is 0 Å². The Balaban J connectivity index is 2.52. The molecule has 2 rings (SSSR count). The van der Waals surface area contributed by atoms with Crippen molar-refractivity contribution in [3.63, 3.8) is 0 Å². The quantitative estimate of drug-likeness (QED) is 0.595. The van der Waals surface area contributed by atoms with Crippen LogP contribution in [-0.2, 0) is 11.8 Å². The lowest BCUT2D eigenvalue weighted by Crippen LogP contribution is -1.83. The van der Waals surface area contributed by atoms with Crippen LogP contribution >= 0.6 is 27.2 Å². The summed E-state index contributed by atoms with van der Waals surface area (Å²) in [6.45, 7) is 2.12. The van der Waals surface area contributed by atoms with Gasteiger partial charge in [-0.05, 0) is 40.7 Å². The highest BCUT2D eigenvalue weighted by atomic mass is 33.2. The largest absolute Gasteiger partial charge is 0.163 e. The highest BCUT2D eigenvalue weighted by Gasteiger charge is 2.19. The smallest absolute Gasteiger partial charge is 0.0403 e. The van der Waals surface area contributed by atoms with Crippen LogP contribution in [-0.4, -0.2) is 6.66 Å². The van der Waals surface area contributed by atoms with E-state index in [0.717, 1.165) is 0 Å². The van der Waals surface area contributed by atoms with Crippen molar-refractivity contribution in [2.24, 2.45) is 0 Å². The normalized spacial score (nSPS) is 15.1. The molecule has 0 saturated heterocycles. The number of hydrogen-bond acceptors (Lipinski definition) is 1. The highest BCUT2D eigenvalue weighted by molar-refractivity contribution is 9.01. The molecule has 90 valence electrons. The molecule has 1 atom stereocenters. The fourth-order valence-corrected chi connectivity index (χ4v) is 10.7. The molecule has 0 fully saturated rings. The lowest BCUT2D eigenvalue weighted by atomic mass is 10.4. The fraction of sp³-hybridized carbons (Fsp3) is 0.0769. The summed E-state index contributed by atoms with van der Waals surface area (Å²) in [7, 11) is -0.502. The first-order valence-electron chi connectivity index (χ1n) is 5.30. The minimum Gasteiger partial charge on any atom is -0.163 e. The minimum atomic E-state index is -1.63. The third-order valence-electron chi connectivity index (χ3n) is 2.37. The van der Waals surface area contributed by atoms with Crippen molar-refractivity contribution >= 4 is 39.0 Å². The maximum absolute atomic E-state index is 5.67. The lowest BCUT2D eigenvalue weighted by Gasteiger charge is -2.29. The van der Waals surface area contributed by atoms with E-state index in [9.17, 15) is 0 Å². The summed E-state index contributed by atoms with van der Waals surface area (Å²) in [6, 6.07) is 21.1. The van der Waals surface area contributed by atoms with Crippen LogP contribution in [0.5, 0.6) is 0 Å². The Morgan fingerprint density at radius 2 is 1.24 bits per heavy atom. The van der Waals surface area contributed by atoms with E-state index in [4.69, 9.17) is 24.1 Å². The molecule has 2 aromatic rings. The van der Waals surface area contributed by atoms with Gasteiger partial charge >= 0.3 is 0 Å². The second-order valence-electron chi connectivity index (χ2n) is 3.82. The third-order valence-corrected chi connectivity index (χ3v) is 11.4. The van der Waals surface area contributed by atoms with E-state index in [0.29, 0.717) is 0 Å². The molecule has 4 heteroatoms. The van der Waals surface area contributed by atoms with Gasteiger partial charge in [0.15, 0.2) is 0 Å². The maximum atomic E-state index is 5.67. The molecule has 0 N–H and O–H groups in total. The van der Waals surface area contributed by atoms with Crippen LogP contribution in [0.25, 0.3) is 0 Å². The van der Waals surface area contributed by atoms with Gasteiger partial charge < -0.3 is 0 Å². The molecular formula is C13H15PS3. The Kier molecular flexibility index (Phi) is 4.37. The van der Waals surface area contributed by atoms with Crippen molar-refractivity contribution in [3.8, 4) is 0 Å². The standard InChI is InChI=1S/C13H15PS3/c1-14(15,16)17(12-8-4-2-5-9-12)13-10-6-3-7-11-13/h2-11,17H,1H3,(H,15,16). The van der Waals surface area contributed by atoms with Crippen LogP contribution in [0.2, 0.25) is 0 Å². The van der Waals surface area contributed by atoms with E-state index in [1.165, 1.54) is 9.79 Å². The van der Waals surface area contributed by atoms with E-state index in [-0.39, 0.29) is 0 Å². The first-order valence-corrected chi connectivity index (χ1v) is 11.7. The molecule has 0 aromatic heterocycles. The van der Waals surface area contributed by atoms with Gasteiger partial charge in [-0.3, -0.25) is 0 Å². The van der Waals surface area contributed by atoms with E-state index >= 15 is 0 Å². The number of rotatable bonds is 3. The van der Waals surface area contributed by atoms with Gasteiger partial charge in [0, 0.05) is 4.44 Å². The molecule has 2 aromatic carbocycles. The molecule has 0 heterocycles. The molecule has 0 spiro atoms. The van der Waals surface area contributed by atoms with Gasteiger partial charge in [-0.2, -0.15) is 10.5 Å². The molecule has 1 unspecified atom stereocenters. The molecule has 0 amide bonds. The molecular weight excluding hydrogens is 283 g/mol. The highest BCUT2D eigenvalue weighted by Crippen LogP contribution is 2.76. The summed E-state index contributed by atoms with van der Waals surface area (Å²) in [5.41, 5.74) is 0. The molecule has 0 radical (unpaired) electrons. The summed E-state index contributed by atoms with van der Waals surface area (Å²) in [5, 5.41) is 0. The SMILES string of the molecule is CP(=S)(S)[SH](c1ccccc1)c1ccccc1. The van der Waals surface area contributed by atoms with Gasteiger partial charge in [0.2, 0.25) is 0 Å². The molecule has 0 bridgehead atoms. The van der Waals surface area contributed by atoms with Gasteiger partial charge in [-0.1, -0.05) is 48.2 Å². The van der Waals surface area contributed by atoms with Crippen LogP contribution in [0.3, 0.4) is 0 Å². The minimum absolute atomic E-state index is 0.502. The van der Waals surface area contributed by atoms with Gasteiger partial charge in [0.1, 0.15) is 0 Å². The van der Waals surface area contributed by atoms with Crippen molar-refractivity contribution < 1.29 is 0 Å². The fourth-order valence-electron chi connectivity index (χ4n) is 1.72. The van der Waals surface area contributed by atoms with Crippen molar-refractivity contribution in [1.29, 1.82) is 0 Å². The monoisotopic (exact) mass is 298 g/mol. The van der Waals surface area contributed by atoms with Crippen molar-refractivity contribution in [3.05, 3.63) is 60.7 Å². The number of thiol groups is 2. The summed E-state index contributed by atoms with van der Waals surface area (Å²) < 4.78 is -1.63. The van der Waals surface area contributed by atoms with E-state index in [2.05, 4.69) is 55.2 Å². The molecule has 0 nitrogen and oxygen atoms in total. The maximum Gasteiger partial charge on any atom is 0.0403 e. The average Bonchev–Trinajstić information content (AvgIpc) is 2.30. The Hall–Kier alpha value is -0.210. The Morgan fingerprint density at radius 3 is 1.53 bits per heavy atom. The third kappa shape index (κ3) is 3.38. The first-order chi connectivity index (χ1) is 8.09. The summed E-state index contributed by atoms with van der Waals surface area (Å²) >= 11 is 10.4. The second kappa shape index (κ2) is 5.62. The van der Waals surface area contributed by atoms with Crippen LogP contribution < -0.4 is 0 Å². The van der Waals surface area contributed by atoms with Crippen LogP contribution in [0.1, 0.15) is 0 Å². The van der Waals surface area contributed by atoms with E-state index < -0.39 is 15.0 Å². The van der Waals surface area contributed by atoms with Gasteiger partial charge in [0.25, 0.3) is 0 Å².